The minimum atomic E-state index is 0. The van der Waals surface area contributed by atoms with Gasteiger partial charge >= 0.3 is 0 Å². The second kappa shape index (κ2) is 7.19. The van der Waals surface area contributed by atoms with Crippen LogP contribution in [0.15, 0.2) is 5.57 Å². The zero-order valence-electron chi connectivity index (χ0n) is 12.1. The molecule has 0 aliphatic heterocycles. The van der Waals surface area contributed by atoms with E-state index in [1.54, 1.807) is 0 Å². The molecular weight excluding hydrogens is 309 g/mol. The first-order valence-corrected chi connectivity index (χ1v) is 7.13. The number of rotatable bonds is 2. The Labute approximate surface area is 142 Å². The first kappa shape index (κ1) is 17.1. The van der Waals surface area contributed by atoms with Crippen LogP contribution in [0, 0.1) is 41.6 Å². The molecule has 0 aromatic rings. The third kappa shape index (κ3) is 3.40. The quantitative estimate of drug-likeness (QED) is 0.427. The van der Waals surface area contributed by atoms with E-state index in [0.29, 0.717) is 29.5 Å². The fourth-order valence-electron chi connectivity index (χ4n) is 4.42. The minimum Gasteiger partial charge on any atom is -0.514 e. The van der Waals surface area contributed by atoms with E-state index < -0.39 is 0 Å². The van der Waals surface area contributed by atoms with E-state index in [9.17, 15) is 4.79 Å². The van der Waals surface area contributed by atoms with Crippen molar-refractivity contribution in [2.75, 3.05) is 0 Å². The van der Waals surface area contributed by atoms with Gasteiger partial charge < -0.3 is 6.58 Å². The maximum atomic E-state index is 10.2. The molecule has 0 bridgehead atoms. The Morgan fingerprint density at radius 3 is 2.95 bits per heavy atom. The third-order valence-electron chi connectivity index (χ3n) is 5.31. The molecule has 2 heteroatoms. The van der Waals surface area contributed by atoms with Gasteiger partial charge in [-0.2, -0.15) is 0 Å². The van der Waals surface area contributed by atoms with Crippen molar-refractivity contribution in [2.45, 2.75) is 52.4 Å². The van der Waals surface area contributed by atoms with Crippen LogP contribution in [0.25, 0.3) is 0 Å². The van der Waals surface area contributed by atoms with Gasteiger partial charge in [0.1, 0.15) is 0 Å². The first-order valence-electron chi connectivity index (χ1n) is 7.13. The normalized spacial score (nSPS) is 34.5. The second-order valence-corrected chi connectivity index (χ2v) is 6.29. The smallest absolute Gasteiger partial charge is 0.192 e. The molecule has 0 aromatic carbocycles. The van der Waals surface area contributed by atoms with Crippen LogP contribution < -0.4 is 0 Å². The van der Waals surface area contributed by atoms with Crippen molar-refractivity contribution in [1.82, 2.24) is 0 Å². The van der Waals surface area contributed by atoms with Crippen LogP contribution in [-0.2, 0) is 37.5 Å². The molecule has 0 heterocycles. The van der Waals surface area contributed by atoms with E-state index in [4.69, 9.17) is 6.58 Å². The average molecular weight is 332 g/mol. The molecule has 2 aliphatic rings. The molecule has 2 fully saturated rings. The van der Waals surface area contributed by atoms with Crippen molar-refractivity contribution in [2.24, 2.45) is 23.2 Å². The zero-order valence-corrected chi connectivity index (χ0v) is 15.0. The molecule has 101 valence electrons. The van der Waals surface area contributed by atoms with Crippen LogP contribution in [-0.4, -0.2) is 6.29 Å². The molecule has 19 heavy (non-hydrogen) atoms. The molecule has 0 spiro atoms. The van der Waals surface area contributed by atoms with Gasteiger partial charge in [-0.05, 0) is 48.4 Å². The summed E-state index contributed by atoms with van der Waals surface area (Å²) < 4.78 is 0. The number of allylic oxidation sites excluding steroid dienone is 1. The molecule has 0 aromatic heterocycles. The Morgan fingerprint density at radius 2 is 2.26 bits per heavy atom. The van der Waals surface area contributed by atoms with E-state index >= 15 is 0 Å². The molecule has 4 atom stereocenters. The van der Waals surface area contributed by atoms with E-state index in [1.807, 2.05) is 0 Å². The number of carbonyl (C=O) groups excluding carboxylic acids is 1. The van der Waals surface area contributed by atoms with E-state index in [1.165, 1.54) is 31.3 Å². The van der Waals surface area contributed by atoms with Gasteiger partial charge in [0.15, 0.2) is 6.29 Å². The first-order chi connectivity index (χ1) is 8.59. The predicted molar refractivity (Wildman–Crippen MR) is 73.6 cm³/mol. The van der Waals surface area contributed by atoms with E-state index in [2.05, 4.69) is 25.7 Å². The van der Waals surface area contributed by atoms with Crippen LogP contribution in [0.1, 0.15) is 52.4 Å². The molecule has 0 saturated heterocycles. The number of aldehydes is 1. The molecular formula is C17H23OY-. The van der Waals surface area contributed by atoms with Gasteiger partial charge in [0, 0.05) is 39.1 Å². The summed E-state index contributed by atoms with van der Waals surface area (Å²) in [6.45, 7) is 10.9. The molecule has 0 amide bonds. The SMILES string of the molecule is [CH-]=C1CCC[C@]2(C)[C@@H]([C@H](C)CC#CC=O)CC[C@@H]12.[Y]. The van der Waals surface area contributed by atoms with Gasteiger partial charge in [-0.1, -0.05) is 32.6 Å². The fourth-order valence-corrected chi connectivity index (χ4v) is 4.42. The zero-order chi connectivity index (χ0) is 13.2. The van der Waals surface area contributed by atoms with Crippen molar-refractivity contribution in [3.05, 3.63) is 12.2 Å². The summed E-state index contributed by atoms with van der Waals surface area (Å²) in [7, 11) is 0. The third-order valence-corrected chi connectivity index (χ3v) is 5.31. The minimum absolute atomic E-state index is 0. The molecule has 0 N–H and O–H groups in total. The van der Waals surface area contributed by atoms with Crippen LogP contribution in [0.4, 0.5) is 0 Å². The Balaban J connectivity index is 0.00000180. The summed E-state index contributed by atoms with van der Waals surface area (Å²) in [5.41, 5.74) is 1.61. The Bertz CT molecular complexity index is 403. The molecule has 1 radical (unpaired) electrons. The van der Waals surface area contributed by atoms with Gasteiger partial charge in [-0.25, -0.2) is 0 Å². The number of carbonyl (C=O) groups is 1. The summed E-state index contributed by atoms with van der Waals surface area (Å²) in [4.78, 5) is 10.2. The van der Waals surface area contributed by atoms with Gasteiger partial charge in [0.2, 0.25) is 0 Å². The topological polar surface area (TPSA) is 17.1 Å². The molecule has 2 saturated carbocycles. The van der Waals surface area contributed by atoms with Crippen molar-refractivity contribution >= 4 is 6.29 Å². The standard InChI is InChI=1S/C17H23O.Y/c1-13(7-4-5-12-18)15-9-10-16-14(2)8-6-11-17(15,16)3;/h2,12-13,15-16H,6-11H2,1,3H3;/q-1;/t13-,15-,16+,17-;/m1./s1. The number of fused-ring (bicyclic) bond motifs is 1. The monoisotopic (exact) mass is 332 g/mol. The predicted octanol–water partition coefficient (Wildman–Crippen LogP) is 3.79. The van der Waals surface area contributed by atoms with Crippen molar-refractivity contribution < 1.29 is 37.5 Å². The van der Waals surface area contributed by atoms with Crippen LogP contribution >= 0.6 is 0 Å². The fraction of sp³-hybridized carbons (Fsp3) is 0.706. The summed E-state index contributed by atoms with van der Waals surface area (Å²) in [5.74, 6) is 7.42. The van der Waals surface area contributed by atoms with Gasteiger partial charge in [0.05, 0.1) is 0 Å². The molecule has 0 unspecified atom stereocenters. The van der Waals surface area contributed by atoms with E-state index in [-0.39, 0.29) is 32.7 Å². The largest absolute Gasteiger partial charge is 0.514 e. The van der Waals surface area contributed by atoms with Crippen molar-refractivity contribution in [1.29, 1.82) is 0 Å². The van der Waals surface area contributed by atoms with Crippen LogP contribution in [0.3, 0.4) is 0 Å². The van der Waals surface area contributed by atoms with Crippen molar-refractivity contribution in [3.63, 3.8) is 0 Å². The Hall–Kier alpha value is 0.0739. The maximum Gasteiger partial charge on any atom is 0.192 e. The average Bonchev–Trinajstić information content (AvgIpc) is 2.68. The Morgan fingerprint density at radius 1 is 1.53 bits per heavy atom. The number of hydrogen-bond acceptors (Lipinski definition) is 1. The number of hydrogen-bond donors (Lipinski definition) is 0. The van der Waals surface area contributed by atoms with Crippen molar-refractivity contribution in [3.8, 4) is 11.8 Å². The molecule has 1 nitrogen and oxygen atoms in total. The summed E-state index contributed by atoms with van der Waals surface area (Å²) in [6, 6.07) is 0. The van der Waals surface area contributed by atoms with E-state index in [0.717, 1.165) is 12.8 Å². The van der Waals surface area contributed by atoms with Gasteiger partial charge in [0.25, 0.3) is 0 Å². The molecule has 2 aliphatic carbocycles. The summed E-state index contributed by atoms with van der Waals surface area (Å²) >= 11 is 0. The van der Waals surface area contributed by atoms with Crippen LogP contribution in [0.5, 0.6) is 0 Å². The van der Waals surface area contributed by atoms with Gasteiger partial charge in [-0.15, -0.1) is 0 Å². The summed E-state index contributed by atoms with van der Waals surface area (Å²) in [5, 5.41) is 0. The van der Waals surface area contributed by atoms with Crippen LogP contribution in [0.2, 0.25) is 0 Å². The summed E-state index contributed by atoms with van der Waals surface area (Å²) in [6.07, 6.45) is 7.71. The Kier molecular flexibility index (Phi) is 6.48. The second-order valence-electron chi connectivity index (χ2n) is 6.29. The molecule has 2 rings (SSSR count). The maximum absolute atomic E-state index is 10.2. The van der Waals surface area contributed by atoms with Gasteiger partial charge in [-0.3, -0.25) is 10.4 Å².